The lowest BCUT2D eigenvalue weighted by molar-refractivity contribution is 0.306. The van der Waals surface area contributed by atoms with Gasteiger partial charge in [-0.25, -0.2) is 0 Å². The molecule has 29 heavy (non-hydrogen) atoms. The second kappa shape index (κ2) is 9.52. The van der Waals surface area contributed by atoms with Crippen molar-refractivity contribution >= 4 is 34.9 Å². The Morgan fingerprint density at radius 2 is 1.62 bits per heavy atom. The molecule has 0 saturated heterocycles. The summed E-state index contributed by atoms with van der Waals surface area (Å²) in [6.07, 6.45) is 1.74. The van der Waals surface area contributed by atoms with Gasteiger partial charge in [-0.05, 0) is 66.1 Å². The van der Waals surface area contributed by atoms with E-state index < -0.39 is 0 Å². The zero-order valence-electron chi connectivity index (χ0n) is 16.1. The Labute approximate surface area is 180 Å². The monoisotopic (exact) mass is 423 g/mol. The van der Waals surface area contributed by atoms with E-state index in [1.54, 1.807) is 25.3 Å². The maximum atomic E-state index is 9.55. The predicted octanol–water partition coefficient (Wildman–Crippen LogP) is 6.95. The third-order valence-corrected chi connectivity index (χ3v) is 4.92. The second-order valence-electron chi connectivity index (χ2n) is 6.49. The molecular formula is C24H19Cl2NO2. The lowest BCUT2D eigenvalue weighted by Gasteiger charge is -2.11. The highest BCUT2D eigenvalue weighted by atomic mass is 35.5. The summed E-state index contributed by atoms with van der Waals surface area (Å²) in [6.45, 7) is 2.40. The van der Waals surface area contributed by atoms with Gasteiger partial charge in [0.2, 0.25) is 0 Å². The van der Waals surface area contributed by atoms with Gasteiger partial charge in [0.15, 0.2) is 5.75 Å². The molecule has 0 bridgehead atoms. The van der Waals surface area contributed by atoms with Gasteiger partial charge in [0.05, 0.1) is 28.8 Å². The Bertz CT molecular complexity index is 1040. The Hall–Kier alpha value is -2.93. The van der Waals surface area contributed by atoms with Gasteiger partial charge in [0.1, 0.15) is 12.4 Å². The van der Waals surface area contributed by atoms with E-state index in [4.69, 9.17) is 32.7 Å². The first-order chi connectivity index (χ1) is 14.0. The van der Waals surface area contributed by atoms with Gasteiger partial charge in [-0.15, -0.1) is 0 Å². The van der Waals surface area contributed by atoms with Crippen molar-refractivity contribution in [2.24, 2.45) is 0 Å². The molecule has 0 saturated carbocycles. The average molecular weight is 424 g/mol. The Kier molecular flexibility index (Phi) is 6.82. The number of nitriles is 1. The van der Waals surface area contributed by atoms with Gasteiger partial charge in [0.25, 0.3) is 0 Å². The van der Waals surface area contributed by atoms with Crippen molar-refractivity contribution in [1.29, 1.82) is 5.26 Å². The van der Waals surface area contributed by atoms with E-state index in [2.05, 4.69) is 6.07 Å². The number of hydrogen-bond donors (Lipinski definition) is 0. The van der Waals surface area contributed by atoms with Gasteiger partial charge in [-0.1, -0.05) is 53.0 Å². The smallest absolute Gasteiger partial charge is 0.157 e. The molecule has 3 nitrogen and oxygen atoms in total. The highest BCUT2D eigenvalue weighted by Crippen LogP contribution is 2.36. The molecular weight excluding hydrogens is 405 g/mol. The number of halogens is 2. The highest BCUT2D eigenvalue weighted by molar-refractivity contribution is 6.37. The molecule has 0 unspecified atom stereocenters. The van der Waals surface area contributed by atoms with Crippen molar-refractivity contribution in [1.82, 2.24) is 0 Å². The number of hydrogen-bond acceptors (Lipinski definition) is 3. The molecule has 0 N–H and O–H groups in total. The lowest BCUT2D eigenvalue weighted by Crippen LogP contribution is -1.97. The molecule has 3 aromatic rings. The molecule has 3 aromatic carbocycles. The minimum absolute atomic E-state index is 0.365. The third-order valence-electron chi connectivity index (χ3n) is 4.36. The van der Waals surface area contributed by atoms with Crippen LogP contribution in [-0.4, -0.2) is 7.11 Å². The lowest BCUT2D eigenvalue weighted by atomic mass is 10.0. The molecule has 0 heterocycles. The summed E-state index contributed by atoms with van der Waals surface area (Å²) in [6, 6.07) is 21.0. The Morgan fingerprint density at radius 3 is 2.17 bits per heavy atom. The molecule has 0 aliphatic carbocycles. The topological polar surface area (TPSA) is 42.2 Å². The molecule has 146 valence electrons. The number of allylic oxidation sites excluding steroid dienone is 1. The first-order valence-electron chi connectivity index (χ1n) is 8.94. The van der Waals surface area contributed by atoms with E-state index in [1.807, 2.05) is 55.5 Å². The van der Waals surface area contributed by atoms with E-state index in [-0.39, 0.29) is 0 Å². The predicted molar refractivity (Wildman–Crippen MR) is 118 cm³/mol. The third kappa shape index (κ3) is 5.32. The number of methoxy groups -OCH3 is 1. The fraction of sp³-hybridized carbons (Fsp3) is 0.125. The zero-order chi connectivity index (χ0) is 20.8. The summed E-state index contributed by atoms with van der Waals surface area (Å²) in [5.74, 6) is 1.15. The number of aryl methyl sites for hydroxylation is 1. The normalized spacial score (nSPS) is 11.1. The van der Waals surface area contributed by atoms with Crippen LogP contribution >= 0.6 is 23.2 Å². The fourth-order valence-corrected chi connectivity index (χ4v) is 3.37. The van der Waals surface area contributed by atoms with Gasteiger partial charge in [0, 0.05) is 0 Å². The molecule has 0 aliphatic rings. The molecule has 0 aromatic heterocycles. The summed E-state index contributed by atoms with van der Waals surface area (Å²) in [5.41, 5.74) is 4.20. The van der Waals surface area contributed by atoms with Crippen LogP contribution in [-0.2, 0) is 6.61 Å². The van der Waals surface area contributed by atoms with E-state index in [1.165, 1.54) is 5.56 Å². The molecule has 0 fully saturated rings. The van der Waals surface area contributed by atoms with Crippen molar-refractivity contribution in [2.45, 2.75) is 13.5 Å². The molecule has 5 heteroatoms. The van der Waals surface area contributed by atoms with E-state index in [0.717, 1.165) is 22.4 Å². The highest BCUT2D eigenvalue weighted by Gasteiger charge is 2.11. The first kappa shape index (κ1) is 20.8. The maximum Gasteiger partial charge on any atom is 0.157 e. The zero-order valence-corrected chi connectivity index (χ0v) is 17.6. The summed E-state index contributed by atoms with van der Waals surface area (Å²) in [4.78, 5) is 0. The molecule has 0 aliphatic heterocycles. The largest absolute Gasteiger partial charge is 0.497 e. The van der Waals surface area contributed by atoms with Crippen LogP contribution in [0.2, 0.25) is 10.0 Å². The molecule has 0 atom stereocenters. The van der Waals surface area contributed by atoms with Crippen LogP contribution in [0.5, 0.6) is 11.5 Å². The Morgan fingerprint density at radius 1 is 1.00 bits per heavy atom. The van der Waals surface area contributed by atoms with Crippen molar-refractivity contribution in [3.05, 3.63) is 93.0 Å². The average Bonchev–Trinajstić information content (AvgIpc) is 2.73. The van der Waals surface area contributed by atoms with Gasteiger partial charge >= 0.3 is 0 Å². The van der Waals surface area contributed by atoms with Gasteiger partial charge in [-0.2, -0.15) is 5.26 Å². The van der Waals surface area contributed by atoms with Crippen LogP contribution in [0.1, 0.15) is 22.3 Å². The van der Waals surface area contributed by atoms with Crippen LogP contribution in [0, 0.1) is 18.3 Å². The first-order valence-corrected chi connectivity index (χ1v) is 9.69. The summed E-state index contributed by atoms with van der Waals surface area (Å²) in [5, 5.41) is 10.3. The van der Waals surface area contributed by atoms with Crippen LogP contribution < -0.4 is 9.47 Å². The number of nitrogens with zero attached hydrogens (tertiary/aromatic N) is 1. The fourth-order valence-electron chi connectivity index (χ4n) is 2.76. The second-order valence-corrected chi connectivity index (χ2v) is 7.30. The maximum absolute atomic E-state index is 9.55. The SMILES string of the molecule is COc1ccc(/C(C#N)=C/c2cc(Cl)c(OCc3ccc(C)cc3)c(Cl)c2)cc1. The van der Waals surface area contributed by atoms with Gasteiger partial charge in [-0.3, -0.25) is 0 Å². The van der Waals surface area contributed by atoms with Crippen LogP contribution in [0.3, 0.4) is 0 Å². The van der Waals surface area contributed by atoms with Gasteiger partial charge < -0.3 is 9.47 Å². The summed E-state index contributed by atoms with van der Waals surface area (Å²) >= 11 is 12.8. The number of benzene rings is 3. The van der Waals surface area contributed by atoms with Crippen LogP contribution in [0.4, 0.5) is 0 Å². The number of rotatable bonds is 6. The van der Waals surface area contributed by atoms with Crippen LogP contribution in [0.25, 0.3) is 11.6 Å². The standard InChI is InChI=1S/C24H19Cl2NO2/c1-16-3-5-17(6-4-16)15-29-24-22(25)12-18(13-23(24)26)11-20(14-27)19-7-9-21(28-2)10-8-19/h3-13H,15H2,1-2H3/b20-11+. The van der Waals surface area contributed by atoms with Crippen molar-refractivity contribution in [3.8, 4) is 17.6 Å². The summed E-state index contributed by atoms with van der Waals surface area (Å²) in [7, 11) is 1.60. The minimum atomic E-state index is 0.365. The molecule has 0 amide bonds. The van der Waals surface area contributed by atoms with Crippen molar-refractivity contribution in [2.75, 3.05) is 7.11 Å². The van der Waals surface area contributed by atoms with Crippen molar-refractivity contribution < 1.29 is 9.47 Å². The minimum Gasteiger partial charge on any atom is -0.497 e. The molecule has 3 rings (SSSR count). The molecule has 0 spiro atoms. The Balaban J connectivity index is 1.82. The van der Waals surface area contributed by atoms with E-state index >= 15 is 0 Å². The quantitative estimate of drug-likeness (QED) is 0.318. The van der Waals surface area contributed by atoms with E-state index in [0.29, 0.717) is 28.0 Å². The van der Waals surface area contributed by atoms with E-state index in [9.17, 15) is 5.26 Å². The molecule has 0 radical (unpaired) electrons. The van der Waals surface area contributed by atoms with Crippen LogP contribution in [0.15, 0.2) is 60.7 Å². The number of ether oxygens (including phenoxy) is 2. The summed E-state index contributed by atoms with van der Waals surface area (Å²) < 4.78 is 11.0. The van der Waals surface area contributed by atoms with Crippen molar-refractivity contribution in [3.63, 3.8) is 0 Å².